The molecule has 1 aliphatic carbocycles. The molecule has 1 saturated heterocycles. The van der Waals surface area contributed by atoms with Crippen LogP contribution in [0, 0.1) is 17.7 Å². The number of fused-ring (bicyclic) bond motifs is 1. The minimum Gasteiger partial charge on any atom is -0.488 e. The van der Waals surface area contributed by atoms with E-state index in [1.165, 1.54) is 24.3 Å². The lowest BCUT2D eigenvalue weighted by Gasteiger charge is -2.35. The normalized spacial score (nSPS) is 28.3. The lowest BCUT2D eigenvalue weighted by atomic mass is 9.78. The Labute approximate surface area is 158 Å². The largest absolute Gasteiger partial charge is 0.488 e. The molecule has 2 aromatic rings. The summed E-state index contributed by atoms with van der Waals surface area (Å²) >= 11 is 0. The molecule has 0 amide bonds. The van der Waals surface area contributed by atoms with Gasteiger partial charge in [0.25, 0.3) is 5.82 Å². The predicted octanol–water partition coefficient (Wildman–Crippen LogP) is 2.88. The SMILES string of the molecule is O[C@@H]1C[C@H]2CN(Cc3nc(C(F)(F)F)no3)C[C@H]2C[C@H]1Oc1ccc(F)cc1. The van der Waals surface area contributed by atoms with Gasteiger partial charge in [0, 0.05) is 13.1 Å². The van der Waals surface area contributed by atoms with Gasteiger partial charge < -0.3 is 14.4 Å². The van der Waals surface area contributed by atoms with Crippen molar-refractivity contribution in [1.29, 1.82) is 0 Å². The van der Waals surface area contributed by atoms with E-state index in [1.807, 2.05) is 4.90 Å². The number of aliphatic hydroxyl groups excluding tert-OH is 1. The van der Waals surface area contributed by atoms with Crippen LogP contribution >= 0.6 is 0 Å². The summed E-state index contributed by atoms with van der Waals surface area (Å²) < 4.78 is 61.3. The Bertz CT molecular complexity index is 811. The van der Waals surface area contributed by atoms with Crippen molar-refractivity contribution in [2.75, 3.05) is 13.1 Å². The van der Waals surface area contributed by atoms with Gasteiger partial charge in [-0.1, -0.05) is 5.16 Å². The minimum absolute atomic E-state index is 0.0781. The summed E-state index contributed by atoms with van der Waals surface area (Å²) in [4.78, 5) is 5.36. The van der Waals surface area contributed by atoms with Gasteiger partial charge in [0.1, 0.15) is 17.7 Å². The second kappa shape index (κ2) is 7.32. The molecule has 1 aliphatic heterocycles. The molecule has 152 valence electrons. The number of aromatic nitrogens is 2. The predicted molar refractivity (Wildman–Crippen MR) is 87.6 cm³/mol. The monoisotopic (exact) mass is 401 g/mol. The molecule has 1 N–H and O–H groups in total. The van der Waals surface area contributed by atoms with Crippen LogP contribution in [0.15, 0.2) is 28.8 Å². The van der Waals surface area contributed by atoms with E-state index < -0.39 is 24.2 Å². The maximum absolute atomic E-state index is 13.0. The molecule has 2 aliphatic rings. The second-order valence-electron chi connectivity index (χ2n) is 7.37. The minimum atomic E-state index is -4.63. The standard InChI is InChI=1S/C18H19F4N3O3/c19-12-1-3-13(4-2-12)27-15-6-11-8-25(7-10(11)5-14(15)26)9-16-23-17(24-28-16)18(20,21)22/h1-4,10-11,14-15,26H,5-9H2/t10-,11+,14+,15+/m0/s1. The quantitative estimate of drug-likeness (QED) is 0.795. The molecule has 28 heavy (non-hydrogen) atoms. The van der Waals surface area contributed by atoms with Crippen LogP contribution < -0.4 is 4.74 Å². The van der Waals surface area contributed by atoms with Gasteiger partial charge in [-0.25, -0.2) is 4.39 Å². The number of hydrogen-bond donors (Lipinski definition) is 1. The first kappa shape index (κ1) is 19.1. The van der Waals surface area contributed by atoms with Crippen molar-refractivity contribution in [2.45, 2.75) is 37.8 Å². The second-order valence-corrected chi connectivity index (χ2v) is 7.37. The Morgan fingerprint density at radius 1 is 1.14 bits per heavy atom. The zero-order valence-corrected chi connectivity index (χ0v) is 14.8. The zero-order chi connectivity index (χ0) is 19.9. The molecule has 0 unspecified atom stereocenters. The molecule has 10 heteroatoms. The van der Waals surface area contributed by atoms with Crippen LogP contribution in [0.5, 0.6) is 5.75 Å². The van der Waals surface area contributed by atoms with E-state index in [0.717, 1.165) is 0 Å². The molecule has 0 radical (unpaired) electrons. The number of rotatable bonds is 4. The average molecular weight is 401 g/mol. The topological polar surface area (TPSA) is 71.6 Å². The van der Waals surface area contributed by atoms with E-state index in [1.54, 1.807) is 0 Å². The molecular weight excluding hydrogens is 382 g/mol. The smallest absolute Gasteiger partial charge is 0.455 e. The first-order valence-corrected chi connectivity index (χ1v) is 9.00. The average Bonchev–Trinajstić information content (AvgIpc) is 3.24. The number of halogens is 4. The summed E-state index contributed by atoms with van der Waals surface area (Å²) in [5, 5.41) is 13.4. The highest BCUT2D eigenvalue weighted by Crippen LogP contribution is 2.38. The fourth-order valence-electron chi connectivity index (χ4n) is 4.06. The van der Waals surface area contributed by atoms with Crippen molar-refractivity contribution in [1.82, 2.24) is 15.0 Å². The van der Waals surface area contributed by atoms with Crippen LogP contribution in [-0.2, 0) is 12.7 Å². The Morgan fingerprint density at radius 2 is 1.82 bits per heavy atom. The van der Waals surface area contributed by atoms with E-state index in [0.29, 0.717) is 31.7 Å². The molecule has 1 aromatic heterocycles. The number of aliphatic hydroxyl groups is 1. The Kier molecular flexibility index (Phi) is 5.00. The van der Waals surface area contributed by atoms with Gasteiger partial charge in [-0.15, -0.1) is 0 Å². The zero-order valence-electron chi connectivity index (χ0n) is 14.8. The molecule has 1 saturated carbocycles. The number of ether oxygens (including phenoxy) is 1. The van der Waals surface area contributed by atoms with Crippen LogP contribution in [-0.4, -0.2) is 45.4 Å². The maximum atomic E-state index is 13.0. The van der Waals surface area contributed by atoms with Crippen molar-refractivity contribution >= 4 is 0 Å². The van der Waals surface area contributed by atoms with E-state index in [-0.39, 0.29) is 30.1 Å². The molecule has 1 aromatic carbocycles. The van der Waals surface area contributed by atoms with Gasteiger partial charge in [0.05, 0.1) is 12.6 Å². The highest BCUT2D eigenvalue weighted by molar-refractivity contribution is 5.22. The summed E-state index contributed by atoms with van der Waals surface area (Å²) in [7, 11) is 0. The molecule has 0 spiro atoms. The van der Waals surface area contributed by atoms with E-state index >= 15 is 0 Å². The third-order valence-electron chi connectivity index (χ3n) is 5.34. The van der Waals surface area contributed by atoms with Gasteiger partial charge in [0.2, 0.25) is 5.89 Å². The summed E-state index contributed by atoms with van der Waals surface area (Å²) in [6.07, 6.45) is -4.56. The molecule has 0 bridgehead atoms. The number of alkyl halides is 3. The van der Waals surface area contributed by atoms with Crippen LogP contribution in [0.3, 0.4) is 0 Å². The van der Waals surface area contributed by atoms with Gasteiger partial charge in [-0.3, -0.25) is 4.90 Å². The lowest BCUT2D eigenvalue weighted by molar-refractivity contribution is -0.146. The number of likely N-dealkylation sites (tertiary alicyclic amines) is 1. The van der Waals surface area contributed by atoms with E-state index in [9.17, 15) is 22.7 Å². The van der Waals surface area contributed by atoms with Crippen LogP contribution in [0.1, 0.15) is 24.6 Å². The van der Waals surface area contributed by atoms with Gasteiger partial charge >= 0.3 is 6.18 Å². The summed E-state index contributed by atoms with van der Waals surface area (Å²) in [5.74, 6) is -0.776. The fraction of sp³-hybridized carbons (Fsp3) is 0.556. The van der Waals surface area contributed by atoms with Crippen molar-refractivity contribution in [2.24, 2.45) is 11.8 Å². The third-order valence-corrected chi connectivity index (χ3v) is 5.34. The van der Waals surface area contributed by atoms with Crippen LogP contribution in [0.25, 0.3) is 0 Å². The molecule has 6 nitrogen and oxygen atoms in total. The van der Waals surface area contributed by atoms with Crippen LogP contribution in [0.4, 0.5) is 17.6 Å². The van der Waals surface area contributed by atoms with Gasteiger partial charge in [-0.05, 0) is 48.9 Å². The fourth-order valence-corrected chi connectivity index (χ4v) is 4.06. The van der Waals surface area contributed by atoms with E-state index in [2.05, 4.69) is 10.1 Å². The molecule has 4 rings (SSSR count). The van der Waals surface area contributed by atoms with Gasteiger partial charge in [0.15, 0.2) is 0 Å². The lowest BCUT2D eigenvalue weighted by Crippen LogP contribution is -2.42. The summed E-state index contributed by atoms with van der Waals surface area (Å²) in [6.45, 7) is 1.41. The number of nitrogens with zero attached hydrogens (tertiary/aromatic N) is 3. The Morgan fingerprint density at radius 3 is 2.46 bits per heavy atom. The maximum Gasteiger partial charge on any atom is 0.455 e. The molecule has 4 atom stereocenters. The molecule has 2 fully saturated rings. The summed E-state index contributed by atoms with van der Waals surface area (Å²) in [5.41, 5.74) is 0. The summed E-state index contributed by atoms with van der Waals surface area (Å²) in [6, 6.07) is 5.63. The number of benzene rings is 1. The van der Waals surface area contributed by atoms with Crippen molar-refractivity contribution in [3.8, 4) is 5.75 Å². The highest BCUT2D eigenvalue weighted by Gasteiger charge is 2.43. The Balaban J connectivity index is 1.36. The third kappa shape index (κ3) is 4.12. The highest BCUT2D eigenvalue weighted by atomic mass is 19.4. The van der Waals surface area contributed by atoms with Gasteiger partial charge in [-0.2, -0.15) is 18.2 Å². The van der Waals surface area contributed by atoms with Crippen molar-refractivity contribution in [3.63, 3.8) is 0 Å². The number of hydrogen-bond acceptors (Lipinski definition) is 6. The van der Waals surface area contributed by atoms with Crippen molar-refractivity contribution in [3.05, 3.63) is 41.8 Å². The Hall–Kier alpha value is -2.20. The molecular formula is C18H19F4N3O3. The van der Waals surface area contributed by atoms with E-state index in [4.69, 9.17) is 9.26 Å². The van der Waals surface area contributed by atoms with Crippen LogP contribution in [0.2, 0.25) is 0 Å². The molecule has 2 heterocycles. The van der Waals surface area contributed by atoms with Crippen molar-refractivity contribution < 1.29 is 31.9 Å². The first-order chi connectivity index (χ1) is 13.3. The first-order valence-electron chi connectivity index (χ1n) is 9.00.